The first-order chi connectivity index (χ1) is 27.0. The van der Waals surface area contributed by atoms with E-state index >= 15 is 0 Å². The van der Waals surface area contributed by atoms with E-state index in [1.54, 1.807) is 56.3 Å². The van der Waals surface area contributed by atoms with E-state index in [0.717, 1.165) is 17.0 Å². The molecule has 13 nitrogen and oxygen atoms in total. The summed E-state index contributed by atoms with van der Waals surface area (Å²) in [6.45, 7) is 8.69. The minimum atomic E-state index is -4.81. The van der Waals surface area contributed by atoms with Crippen LogP contribution in [0.1, 0.15) is 44.7 Å². The highest BCUT2D eigenvalue weighted by Gasteiger charge is 2.51. The molecule has 4 amide bonds. The van der Waals surface area contributed by atoms with Crippen molar-refractivity contribution in [3.63, 3.8) is 0 Å². The van der Waals surface area contributed by atoms with Gasteiger partial charge in [0, 0.05) is 56.2 Å². The van der Waals surface area contributed by atoms with Gasteiger partial charge in [-0.05, 0) is 94.0 Å². The Labute approximate surface area is 349 Å². The maximum Gasteiger partial charge on any atom is 0.417 e. The molecule has 0 aromatic heterocycles. The van der Waals surface area contributed by atoms with Crippen LogP contribution in [-0.4, -0.2) is 95.5 Å². The first-order valence-corrected chi connectivity index (χ1v) is 19.0. The third kappa shape index (κ3) is 9.48. The first-order valence-electron chi connectivity index (χ1n) is 18.2. The fraction of sp³-hybridized carbons (Fsp3) is 0.385. The number of amides is 4. The summed E-state index contributed by atoms with van der Waals surface area (Å²) in [4.78, 5) is 57.2. The summed E-state index contributed by atoms with van der Waals surface area (Å²) in [6.07, 6.45) is -4.17. The predicted octanol–water partition coefficient (Wildman–Crippen LogP) is 5.81. The highest BCUT2D eigenvalue weighted by atomic mass is 35.5. The number of piperidine rings is 1. The van der Waals surface area contributed by atoms with Crippen LogP contribution in [0.25, 0.3) is 0 Å². The van der Waals surface area contributed by atoms with Gasteiger partial charge in [0.1, 0.15) is 23.9 Å². The van der Waals surface area contributed by atoms with Gasteiger partial charge in [-0.15, -0.1) is 12.4 Å². The Hall–Kier alpha value is -4.99. The van der Waals surface area contributed by atoms with Crippen molar-refractivity contribution in [1.82, 2.24) is 15.1 Å². The number of piperazine rings is 1. The van der Waals surface area contributed by atoms with Gasteiger partial charge >= 0.3 is 6.18 Å². The van der Waals surface area contributed by atoms with Gasteiger partial charge in [0.15, 0.2) is 5.11 Å². The zero-order valence-electron chi connectivity index (χ0n) is 31.7. The minimum Gasteiger partial charge on any atom is -0.491 e. The quantitative estimate of drug-likeness (QED) is 0.159. The minimum absolute atomic E-state index is 0. The predicted molar refractivity (Wildman–Crippen MR) is 219 cm³/mol. The van der Waals surface area contributed by atoms with Crippen molar-refractivity contribution in [2.75, 3.05) is 59.8 Å². The van der Waals surface area contributed by atoms with Crippen molar-refractivity contribution in [3.05, 3.63) is 76.8 Å². The number of benzene rings is 3. The molecule has 308 valence electrons. The Morgan fingerprint density at radius 1 is 1.05 bits per heavy atom. The van der Waals surface area contributed by atoms with Crippen LogP contribution in [-0.2, 0) is 25.4 Å². The molecule has 3 aromatic carbocycles. The second kappa shape index (κ2) is 17.9. The monoisotopic (exact) mass is 860 g/mol. The highest BCUT2D eigenvalue weighted by molar-refractivity contribution is 7.81. The van der Waals surface area contributed by atoms with Crippen LogP contribution in [0.5, 0.6) is 5.75 Å². The number of carbonyl (C=O) groups is 4. The lowest BCUT2D eigenvalue weighted by atomic mass is 10.0. The van der Waals surface area contributed by atoms with Crippen LogP contribution in [0, 0.1) is 11.3 Å². The number of hydrogen-bond acceptors (Lipinski definition) is 10. The molecule has 3 N–H and O–H groups in total. The van der Waals surface area contributed by atoms with E-state index in [1.165, 1.54) is 17.0 Å². The molecule has 3 saturated heterocycles. The average Bonchev–Trinajstić information content (AvgIpc) is 3.34. The standard InChI is InChI=1S/C39H40ClF3N8O5S.ClH/c1-23(34(53)46-26-6-4-5-25(19-26)45-31-10-12-33(52)47-35(31)54)49-15-13-48(14-16-49)17-18-56-32-11-9-28(21-30(32)40)51-37(57)50(36(55)38(51,2)3)27-8-7-24(22-44)29(20-27)39(41,42)43;/h4-9,11,19-21,23,31,45H,10,12-18H2,1-3H3,(H,46,53)(H,47,52,54);1H. The molecule has 58 heavy (non-hydrogen) atoms. The van der Waals surface area contributed by atoms with Gasteiger partial charge in [-0.3, -0.25) is 39.2 Å². The summed E-state index contributed by atoms with van der Waals surface area (Å²) in [5.41, 5.74) is -1.45. The van der Waals surface area contributed by atoms with Crippen LogP contribution in [0.4, 0.5) is 35.9 Å². The number of hydrogen-bond donors (Lipinski definition) is 3. The lowest BCUT2D eigenvalue weighted by Gasteiger charge is -2.37. The molecule has 19 heteroatoms. The second-order valence-electron chi connectivity index (χ2n) is 14.4. The van der Waals surface area contributed by atoms with Crippen LogP contribution in [0.15, 0.2) is 60.7 Å². The van der Waals surface area contributed by atoms with Crippen molar-refractivity contribution in [3.8, 4) is 11.8 Å². The molecule has 3 fully saturated rings. The summed E-state index contributed by atoms with van der Waals surface area (Å²) >= 11 is 12.3. The van der Waals surface area contributed by atoms with Gasteiger partial charge in [0.25, 0.3) is 5.91 Å². The number of nitriles is 1. The van der Waals surface area contributed by atoms with E-state index in [2.05, 4.69) is 25.8 Å². The maximum absolute atomic E-state index is 13.7. The molecule has 0 spiro atoms. The van der Waals surface area contributed by atoms with E-state index in [4.69, 9.17) is 28.6 Å². The van der Waals surface area contributed by atoms with Crippen molar-refractivity contribution in [2.45, 2.75) is 57.4 Å². The molecule has 3 aliphatic rings. The van der Waals surface area contributed by atoms with Gasteiger partial charge in [0.05, 0.1) is 33.9 Å². The van der Waals surface area contributed by atoms with E-state index in [9.17, 15) is 37.6 Å². The van der Waals surface area contributed by atoms with E-state index in [-0.39, 0.29) is 52.4 Å². The highest BCUT2D eigenvalue weighted by Crippen LogP contribution is 2.41. The molecule has 2 atom stereocenters. The van der Waals surface area contributed by atoms with Crippen molar-refractivity contribution < 1.29 is 37.1 Å². The first kappa shape index (κ1) is 44.1. The van der Waals surface area contributed by atoms with Gasteiger partial charge < -0.3 is 20.3 Å². The van der Waals surface area contributed by atoms with Crippen molar-refractivity contribution in [2.24, 2.45) is 0 Å². The molecular weight excluding hydrogens is 820 g/mol. The number of nitrogens with one attached hydrogen (secondary N) is 3. The molecule has 0 bridgehead atoms. The number of halogens is 5. The Bertz CT molecular complexity index is 2140. The number of thiocarbonyl (C=S) groups is 1. The molecule has 0 aliphatic carbocycles. The molecule has 0 saturated carbocycles. The third-order valence-electron chi connectivity index (χ3n) is 10.2. The summed E-state index contributed by atoms with van der Waals surface area (Å²) in [6, 6.07) is 15.6. The number of rotatable bonds is 11. The summed E-state index contributed by atoms with van der Waals surface area (Å²) < 4.78 is 47.2. The van der Waals surface area contributed by atoms with Crippen molar-refractivity contribution >= 4 is 87.7 Å². The number of carbonyl (C=O) groups excluding carboxylic acids is 4. The summed E-state index contributed by atoms with van der Waals surface area (Å²) in [5.74, 6) is -0.985. The lowest BCUT2D eigenvalue weighted by Crippen LogP contribution is -2.53. The van der Waals surface area contributed by atoms with Crippen LogP contribution < -0.4 is 30.5 Å². The summed E-state index contributed by atoms with van der Waals surface area (Å²) in [5, 5.41) is 17.8. The van der Waals surface area contributed by atoms with Crippen LogP contribution in [0.3, 0.4) is 0 Å². The van der Waals surface area contributed by atoms with Gasteiger partial charge in [0.2, 0.25) is 17.7 Å². The SMILES string of the molecule is CC(C(=O)Nc1cccc(NC2CCC(=O)NC2=O)c1)N1CCN(CCOc2ccc(N3C(=S)N(c4ccc(C#N)c(C(F)(F)F)c4)C(=O)C3(C)C)cc2Cl)CC1.Cl. The van der Waals surface area contributed by atoms with E-state index in [0.29, 0.717) is 68.6 Å². The largest absolute Gasteiger partial charge is 0.491 e. The number of ether oxygens (including phenoxy) is 1. The fourth-order valence-corrected chi connectivity index (χ4v) is 7.75. The zero-order valence-corrected chi connectivity index (χ0v) is 34.1. The van der Waals surface area contributed by atoms with Crippen LogP contribution in [0.2, 0.25) is 5.02 Å². The average molecular weight is 862 g/mol. The summed E-state index contributed by atoms with van der Waals surface area (Å²) in [7, 11) is 0. The van der Waals surface area contributed by atoms with Gasteiger partial charge in [-0.2, -0.15) is 18.4 Å². The zero-order chi connectivity index (χ0) is 41.2. The van der Waals surface area contributed by atoms with Gasteiger partial charge in [-0.25, -0.2) is 0 Å². The fourth-order valence-electron chi connectivity index (χ4n) is 7.00. The topological polar surface area (TPSA) is 150 Å². The van der Waals surface area contributed by atoms with Crippen LogP contribution >= 0.6 is 36.2 Å². The molecule has 3 aromatic rings. The maximum atomic E-state index is 13.7. The Morgan fingerprint density at radius 2 is 1.74 bits per heavy atom. The van der Waals surface area contributed by atoms with E-state index < -0.39 is 40.8 Å². The molecule has 3 heterocycles. The molecule has 0 radical (unpaired) electrons. The molecule has 3 aliphatic heterocycles. The van der Waals surface area contributed by atoms with Crippen molar-refractivity contribution in [1.29, 1.82) is 5.26 Å². The molecular formula is C39H41Cl2F3N8O5S. The normalized spacial score (nSPS) is 19.2. The third-order valence-corrected chi connectivity index (χ3v) is 10.9. The second-order valence-corrected chi connectivity index (χ2v) is 15.2. The molecule has 6 rings (SSSR count). The number of nitrogens with zero attached hydrogens (tertiary/aromatic N) is 5. The Kier molecular flexibility index (Phi) is 13.6. The lowest BCUT2D eigenvalue weighted by molar-refractivity contribution is -0.138. The number of imide groups is 1. The van der Waals surface area contributed by atoms with Gasteiger partial charge in [-0.1, -0.05) is 17.7 Å². The molecule has 2 unspecified atom stereocenters. The van der Waals surface area contributed by atoms with E-state index in [1.807, 2.05) is 6.92 Å². The Morgan fingerprint density at radius 3 is 2.40 bits per heavy atom. The number of alkyl halides is 3. The number of anilines is 4. The Balaban J connectivity index is 0.00000641. The smallest absolute Gasteiger partial charge is 0.417 e.